The highest BCUT2D eigenvalue weighted by molar-refractivity contribution is 5.97. The molecule has 2 aliphatic rings. The van der Waals surface area contributed by atoms with Crippen molar-refractivity contribution in [3.63, 3.8) is 0 Å². The largest absolute Gasteiger partial charge is 0.496 e. The van der Waals surface area contributed by atoms with E-state index in [1.807, 2.05) is 29.2 Å². The van der Waals surface area contributed by atoms with Gasteiger partial charge < -0.3 is 19.3 Å². The molecular formula is C17H25N2O3+. The van der Waals surface area contributed by atoms with Crippen LogP contribution >= 0.6 is 0 Å². The summed E-state index contributed by atoms with van der Waals surface area (Å²) in [6.07, 6.45) is 2.16. The van der Waals surface area contributed by atoms with Crippen molar-refractivity contribution in [2.24, 2.45) is 0 Å². The first-order valence-corrected chi connectivity index (χ1v) is 8.14. The minimum Gasteiger partial charge on any atom is -0.496 e. The summed E-state index contributed by atoms with van der Waals surface area (Å²) in [6, 6.07) is 8.15. The van der Waals surface area contributed by atoms with E-state index in [1.54, 1.807) is 12.0 Å². The Kier molecular flexibility index (Phi) is 4.95. The van der Waals surface area contributed by atoms with E-state index in [-0.39, 0.29) is 5.91 Å². The summed E-state index contributed by atoms with van der Waals surface area (Å²) in [5.41, 5.74) is 0.669. The number of amides is 1. The van der Waals surface area contributed by atoms with Crippen LogP contribution in [0.2, 0.25) is 0 Å². The molecular weight excluding hydrogens is 280 g/mol. The number of piperidine rings is 1. The molecule has 0 spiro atoms. The number of methoxy groups -OCH3 is 1. The fraction of sp³-hybridized carbons (Fsp3) is 0.588. The maximum absolute atomic E-state index is 12.7. The molecule has 1 N–H and O–H groups in total. The van der Waals surface area contributed by atoms with Crippen molar-refractivity contribution in [3.8, 4) is 5.75 Å². The number of quaternary nitrogens is 1. The monoisotopic (exact) mass is 305 g/mol. The number of rotatable bonds is 3. The predicted molar refractivity (Wildman–Crippen MR) is 83.4 cm³/mol. The second kappa shape index (κ2) is 7.11. The van der Waals surface area contributed by atoms with Crippen LogP contribution in [0.5, 0.6) is 5.75 Å². The number of carbonyl (C=O) groups excluding carboxylic acids is 1. The first kappa shape index (κ1) is 15.3. The number of ether oxygens (including phenoxy) is 2. The zero-order valence-electron chi connectivity index (χ0n) is 13.2. The zero-order chi connectivity index (χ0) is 15.4. The summed E-state index contributed by atoms with van der Waals surface area (Å²) >= 11 is 0. The highest BCUT2D eigenvalue weighted by atomic mass is 16.5. The van der Waals surface area contributed by atoms with Gasteiger partial charge in [-0.3, -0.25) is 4.79 Å². The molecule has 2 aliphatic heterocycles. The first-order valence-electron chi connectivity index (χ1n) is 8.14. The molecule has 0 saturated carbocycles. The van der Waals surface area contributed by atoms with Gasteiger partial charge in [0.05, 0.1) is 31.9 Å². The summed E-state index contributed by atoms with van der Waals surface area (Å²) in [5.74, 6) is 0.751. The Morgan fingerprint density at radius 3 is 2.59 bits per heavy atom. The lowest BCUT2D eigenvalue weighted by atomic mass is 10.0. The van der Waals surface area contributed by atoms with E-state index in [9.17, 15) is 4.79 Å². The number of hydrogen-bond acceptors (Lipinski definition) is 3. The molecule has 1 amide bonds. The number of carbonyl (C=O) groups is 1. The Labute approximate surface area is 131 Å². The van der Waals surface area contributed by atoms with Gasteiger partial charge in [0.25, 0.3) is 5.91 Å². The van der Waals surface area contributed by atoms with Gasteiger partial charge in [-0.2, -0.15) is 0 Å². The lowest BCUT2D eigenvalue weighted by Crippen LogP contribution is -3.18. The van der Waals surface area contributed by atoms with Crippen LogP contribution in [0.1, 0.15) is 23.2 Å². The van der Waals surface area contributed by atoms with Gasteiger partial charge in [0.2, 0.25) is 0 Å². The van der Waals surface area contributed by atoms with E-state index < -0.39 is 0 Å². The SMILES string of the molecule is COc1ccccc1C(=O)N1CCC([NH+]2CCOCC2)CC1. The topological polar surface area (TPSA) is 43.2 Å². The van der Waals surface area contributed by atoms with Crippen LogP contribution in [0.25, 0.3) is 0 Å². The molecule has 2 saturated heterocycles. The normalized spacial score (nSPS) is 20.9. The summed E-state index contributed by atoms with van der Waals surface area (Å²) in [7, 11) is 1.61. The van der Waals surface area contributed by atoms with Crippen molar-refractivity contribution in [1.82, 2.24) is 4.90 Å². The third-order valence-electron chi connectivity index (χ3n) is 4.83. The maximum atomic E-state index is 12.7. The standard InChI is InChI=1S/C17H24N2O3/c1-21-16-5-3-2-4-15(16)17(20)19-8-6-14(7-9-19)18-10-12-22-13-11-18/h2-5,14H,6-13H2,1H3/p+1. The van der Waals surface area contributed by atoms with E-state index in [1.165, 1.54) is 0 Å². The van der Waals surface area contributed by atoms with Crippen molar-refractivity contribution in [2.45, 2.75) is 18.9 Å². The van der Waals surface area contributed by atoms with Gasteiger partial charge in [-0.15, -0.1) is 0 Å². The van der Waals surface area contributed by atoms with Gasteiger partial charge >= 0.3 is 0 Å². The number of para-hydroxylation sites is 1. The zero-order valence-corrected chi connectivity index (χ0v) is 13.2. The smallest absolute Gasteiger partial charge is 0.257 e. The Hall–Kier alpha value is -1.59. The molecule has 2 heterocycles. The lowest BCUT2D eigenvalue weighted by molar-refractivity contribution is -0.934. The van der Waals surface area contributed by atoms with Crippen LogP contribution in [0, 0.1) is 0 Å². The summed E-state index contributed by atoms with van der Waals surface area (Å²) in [6.45, 7) is 5.62. The number of benzene rings is 1. The maximum Gasteiger partial charge on any atom is 0.257 e. The second-order valence-electron chi connectivity index (χ2n) is 6.04. The second-order valence-corrected chi connectivity index (χ2v) is 6.04. The number of morpholine rings is 1. The third-order valence-corrected chi connectivity index (χ3v) is 4.83. The molecule has 0 aromatic heterocycles. The molecule has 120 valence electrons. The molecule has 5 nitrogen and oxygen atoms in total. The Morgan fingerprint density at radius 1 is 1.23 bits per heavy atom. The van der Waals surface area contributed by atoms with E-state index in [0.717, 1.165) is 52.2 Å². The molecule has 0 bridgehead atoms. The van der Waals surface area contributed by atoms with Gasteiger partial charge in [-0.05, 0) is 12.1 Å². The minimum atomic E-state index is 0.0906. The van der Waals surface area contributed by atoms with Crippen LogP contribution in [-0.2, 0) is 4.74 Å². The third kappa shape index (κ3) is 3.25. The Balaban J connectivity index is 1.59. The fourth-order valence-electron chi connectivity index (χ4n) is 3.52. The number of nitrogens with zero attached hydrogens (tertiary/aromatic N) is 1. The number of hydrogen-bond donors (Lipinski definition) is 1. The average Bonchev–Trinajstić information content (AvgIpc) is 2.62. The van der Waals surface area contributed by atoms with Crippen molar-refractivity contribution in [3.05, 3.63) is 29.8 Å². The molecule has 0 aliphatic carbocycles. The van der Waals surface area contributed by atoms with Crippen molar-refractivity contribution in [2.75, 3.05) is 46.5 Å². The lowest BCUT2D eigenvalue weighted by Gasteiger charge is -2.37. The van der Waals surface area contributed by atoms with E-state index in [4.69, 9.17) is 9.47 Å². The highest BCUT2D eigenvalue weighted by Gasteiger charge is 2.31. The van der Waals surface area contributed by atoms with Crippen LogP contribution in [-0.4, -0.2) is 63.4 Å². The van der Waals surface area contributed by atoms with E-state index in [0.29, 0.717) is 17.4 Å². The summed E-state index contributed by atoms with van der Waals surface area (Å²) < 4.78 is 10.7. The molecule has 5 heteroatoms. The number of nitrogens with one attached hydrogen (secondary N) is 1. The van der Waals surface area contributed by atoms with Gasteiger partial charge in [0.1, 0.15) is 18.8 Å². The van der Waals surface area contributed by atoms with Crippen molar-refractivity contribution < 1.29 is 19.2 Å². The molecule has 0 radical (unpaired) electrons. The minimum absolute atomic E-state index is 0.0906. The van der Waals surface area contributed by atoms with Gasteiger partial charge in [-0.25, -0.2) is 0 Å². The summed E-state index contributed by atoms with van der Waals surface area (Å²) in [5, 5.41) is 0. The highest BCUT2D eigenvalue weighted by Crippen LogP contribution is 2.21. The van der Waals surface area contributed by atoms with Gasteiger partial charge in [0, 0.05) is 25.9 Å². The van der Waals surface area contributed by atoms with Gasteiger partial charge in [0.15, 0.2) is 0 Å². The molecule has 1 aromatic rings. The van der Waals surface area contributed by atoms with Crippen molar-refractivity contribution >= 4 is 5.91 Å². The average molecular weight is 305 g/mol. The molecule has 3 rings (SSSR count). The quantitative estimate of drug-likeness (QED) is 0.868. The first-order chi connectivity index (χ1) is 10.8. The summed E-state index contributed by atoms with van der Waals surface area (Å²) in [4.78, 5) is 16.3. The van der Waals surface area contributed by atoms with E-state index >= 15 is 0 Å². The van der Waals surface area contributed by atoms with E-state index in [2.05, 4.69) is 0 Å². The Morgan fingerprint density at radius 2 is 1.91 bits per heavy atom. The molecule has 0 unspecified atom stereocenters. The van der Waals surface area contributed by atoms with Crippen LogP contribution < -0.4 is 9.64 Å². The molecule has 2 fully saturated rings. The van der Waals surface area contributed by atoms with Crippen molar-refractivity contribution in [1.29, 1.82) is 0 Å². The molecule has 1 aromatic carbocycles. The predicted octanol–water partition coefficient (Wildman–Crippen LogP) is 0.215. The fourth-order valence-corrected chi connectivity index (χ4v) is 3.52. The number of likely N-dealkylation sites (tertiary alicyclic amines) is 1. The molecule has 0 atom stereocenters. The van der Waals surface area contributed by atoms with Crippen LogP contribution in [0.15, 0.2) is 24.3 Å². The van der Waals surface area contributed by atoms with Crippen LogP contribution in [0.4, 0.5) is 0 Å². The van der Waals surface area contributed by atoms with Gasteiger partial charge in [-0.1, -0.05) is 12.1 Å². The molecule has 22 heavy (non-hydrogen) atoms. The van der Waals surface area contributed by atoms with Crippen LogP contribution in [0.3, 0.4) is 0 Å². The Bertz CT molecular complexity index is 506.